The van der Waals surface area contributed by atoms with Crippen LogP contribution in [-0.4, -0.2) is 19.7 Å². The largest absolute Gasteiger partial charge is 0.497 e. The van der Waals surface area contributed by atoms with Crippen LogP contribution in [0.3, 0.4) is 0 Å². The Hall–Kier alpha value is -3.85. The summed E-state index contributed by atoms with van der Waals surface area (Å²) < 4.78 is 31.9. The first-order chi connectivity index (χ1) is 19.9. The zero-order valence-electron chi connectivity index (χ0n) is 24.0. The van der Waals surface area contributed by atoms with Gasteiger partial charge >= 0.3 is 5.97 Å². The monoisotopic (exact) mass is 555 g/mol. The van der Waals surface area contributed by atoms with Gasteiger partial charge in [0.25, 0.3) is 0 Å². The van der Waals surface area contributed by atoms with Crippen LogP contribution in [0.25, 0.3) is 11.1 Å². The maximum absolute atomic E-state index is 15.0. The van der Waals surface area contributed by atoms with Crippen LogP contribution in [0.4, 0.5) is 4.39 Å². The Morgan fingerprint density at radius 1 is 1.05 bits per heavy atom. The van der Waals surface area contributed by atoms with Crippen molar-refractivity contribution < 1.29 is 23.4 Å². The molecule has 0 heterocycles. The van der Waals surface area contributed by atoms with Crippen molar-refractivity contribution >= 4 is 5.97 Å². The van der Waals surface area contributed by atoms with E-state index in [1.807, 2.05) is 37.3 Å². The molecule has 0 radical (unpaired) electrons. The Morgan fingerprint density at radius 2 is 1.83 bits per heavy atom. The number of benzene rings is 3. The third-order valence-corrected chi connectivity index (χ3v) is 8.53. The molecule has 214 valence electrons. The lowest BCUT2D eigenvalue weighted by molar-refractivity contribution is -0.143. The SMILES string of the molecule is CCOC(=O)CC(c1cccc(COc2ccc(-c3cc(OC)ccc3F)c(CC3(C#N)CCCC3)c2)c1)C1CC1. The molecule has 2 fully saturated rings. The molecule has 41 heavy (non-hydrogen) atoms. The molecule has 2 aliphatic rings. The fourth-order valence-corrected chi connectivity index (χ4v) is 6.19. The van der Waals surface area contributed by atoms with Gasteiger partial charge in [0.2, 0.25) is 0 Å². The van der Waals surface area contributed by atoms with Crippen molar-refractivity contribution in [2.45, 2.75) is 70.8 Å². The Balaban J connectivity index is 1.39. The van der Waals surface area contributed by atoms with Gasteiger partial charge in [0.05, 0.1) is 31.6 Å². The molecule has 0 spiro atoms. The number of carbonyl (C=O) groups is 1. The number of rotatable bonds is 12. The van der Waals surface area contributed by atoms with E-state index in [4.69, 9.17) is 14.2 Å². The lowest BCUT2D eigenvalue weighted by atomic mass is 9.79. The number of methoxy groups -OCH3 is 1. The number of carbonyl (C=O) groups excluding carboxylic acids is 1. The van der Waals surface area contributed by atoms with Gasteiger partial charge < -0.3 is 14.2 Å². The van der Waals surface area contributed by atoms with Crippen LogP contribution in [-0.2, 0) is 22.6 Å². The first kappa shape index (κ1) is 28.7. The van der Waals surface area contributed by atoms with Crippen LogP contribution in [0.1, 0.15) is 74.5 Å². The van der Waals surface area contributed by atoms with Crippen molar-refractivity contribution in [3.63, 3.8) is 0 Å². The minimum atomic E-state index is -0.451. The van der Waals surface area contributed by atoms with Crippen molar-refractivity contribution in [3.05, 3.63) is 83.2 Å². The third kappa shape index (κ3) is 6.90. The molecule has 0 aliphatic heterocycles. The summed E-state index contributed by atoms with van der Waals surface area (Å²) >= 11 is 0. The van der Waals surface area contributed by atoms with E-state index in [-0.39, 0.29) is 17.7 Å². The highest BCUT2D eigenvalue weighted by Crippen LogP contribution is 2.45. The Bertz CT molecular complexity index is 1420. The maximum atomic E-state index is 15.0. The second-order valence-electron chi connectivity index (χ2n) is 11.4. The maximum Gasteiger partial charge on any atom is 0.306 e. The highest BCUT2D eigenvalue weighted by atomic mass is 19.1. The predicted molar refractivity (Wildman–Crippen MR) is 156 cm³/mol. The van der Waals surface area contributed by atoms with E-state index in [1.165, 1.54) is 6.07 Å². The van der Waals surface area contributed by atoms with Crippen LogP contribution in [0, 0.1) is 28.5 Å². The number of ether oxygens (including phenoxy) is 3. The average Bonchev–Trinajstić information content (AvgIpc) is 3.73. The fourth-order valence-electron chi connectivity index (χ4n) is 6.19. The smallest absolute Gasteiger partial charge is 0.306 e. The summed E-state index contributed by atoms with van der Waals surface area (Å²) in [6.07, 6.45) is 6.96. The van der Waals surface area contributed by atoms with Crippen molar-refractivity contribution in [2.24, 2.45) is 11.3 Å². The van der Waals surface area contributed by atoms with Crippen LogP contribution in [0.5, 0.6) is 11.5 Å². The summed E-state index contributed by atoms with van der Waals surface area (Å²) in [7, 11) is 1.57. The Labute approximate surface area is 242 Å². The number of halogens is 1. The molecular formula is C35H38FNO4. The second kappa shape index (κ2) is 12.8. The van der Waals surface area contributed by atoms with Gasteiger partial charge in [0, 0.05) is 5.56 Å². The zero-order chi connectivity index (χ0) is 28.8. The number of esters is 1. The molecule has 0 aromatic heterocycles. The van der Waals surface area contributed by atoms with Gasteiger partial charge in [-0.1, -0.05) is 43.2 Å². The first-order valence-corrected chi connectivity index (χ1v) is 14.7. The van der Waals surface area contributed by atoms with E-state index >= 15 is 4.39 Å². The van der Waals surface area contributed by atoms with E-state index in [1.54, 1.807) is 19.2 Å². The lowest BCUT2D eigenvalue weighted by Gasteiger charge is -2.23. The molecule has 0 amide bonds. The molecule has 2 saturated carbocycles. The molecule has 1 atom stereocenters. The van der Waals surface area contributed by atoms with Crippen LogP contribution in [0.15, 0.2) is 60.7 Å². The van der Waals surface area contributed by atoms with E-state index < -0.39 is 5.41 Å². The Morgan fingerprint density at radius 3 is 2.54 bits per heavy atom. The minimum Gasteiger partial charge on any atom is -0.497 e. The van der Waals surface area contributed by atoms with Gasteiger partial charge in [-0.15, -0.1) is 0 Å². The molecule has 1 unspecified atom stereocenters. The topological polar surface area (TPSA) is 68.6 Å². The van der Waals surface area contributed by atoms with Gasteiger partial charge in [-0.2, -0.15) is 5.26 Å². The molecule has 0 bridgehead atoms. The van der Waals surface area contributed by atoms with E-state index in [2.05, 4.69) is 18.2 Å². The highest BCUT2D eigenvalue weighted by Gasteiger charge is 2.36. The molecule has 5 rings (SSSR count). The average molecular weight is 556 g/mol. The summed E-state index contributed by atoms with van der Waals surface area (Å²) in [5, 5.41) is 10.1. The molecular weight excluding hydrogens is 517 g/mol. The summed E-state index contributed by atoms with van der Waals surface area (Å²) in [4.78, 5) is 12.2. The molecule has 5 nitrogen and oxygen atoms in total. The Kier molecular flexibility index (Phi) is 8.93. The van der Waals surface area contributed by atoms with E-state index in [0.29, 0.717) is 49.0 Å². The molecule has 2 aliphatic carbocycles. The molecule has 3 aromatic carbocycles. The van der Waals surface area contributed by atoms with Crippen molar-refractivity contribution in [1.29, 1.82) is 5.26 Å². The summed E-state index contributed by atoms with van der Waals surface area (Å²) in [6, 6.07) is 21.3. The van der Waals surface area contributed by atoms with Crippen LogP contribution >= 0.6 is 0 Å². The van der Waals surface area contributed by atoms with Crippen molar-refractivity contribution in [3.8, 4) is 28.7 Å². The number of hydrogen-bond donors (Lipinski definition) is 0. The van der Waals surface area contributed by atoms with Crippen molar-refractivity contribution in [2.75, 3.05) is 13.7 Å². The molecule has 0 saturated heterocycles. The zero-order valence-corrected chi connectivity index (χ0v) is 24.0. The normalized spacial score (nSPS) is 16.5. The van der Waals surface area contributed by atoms with Gasteiger partial charge in [-0.3, -0.25) is 4.79 Å². The number of nitriles is 1. The molecule has 0 N–H and O–H groups in total. The lowest BCUT2D eigenvalue weighted by Crippen LogP contribution is -2.17. The second-order valence-corrected chi connectivity index (χ2v) is 11.4. The summed E-state index contributed by atoms with van der Waals surface area (Å²) in [5.41, 5.74) is 3.82. The molecule has 6 heteroatoms. The standard InChI is InChI=1S/C35H38FNO4/c1-3-40-34(38)20-31(25-9-10-25)26-8-6-7-24(17-26)22-41-29-11-13-30(32-19-28(39-2)12-14-33(32)36)27(18-29)21-35(23-37)15-4-5-16-35/h6-8,11-14,17-19,25,31H,3-5,9-10,15-16,20-22H2,1-2H3. The predicted octanol–water partition coefficient (Wildman–Crippen LogP) is 8.15. The number of hydrogen-bond acceptors (Lipinski definition) is 5. The minimum absolute atomic E-state index is 0.149. The quantitative estimate of drug-likeness (QED) is 0.211. The van der Waals surface area contributed by atoms with Gasteiger partial charge in [-0.05, 0) is 103 Å². The van der Waals surface area contributed by atoms with Crippen molar-refractivity contribution in [1.82, 2.24) is 0 Å². The van der Waals surface area contributed by atoms with Gasteiger partial charge in [0.15, 0.2) is 0 Å². The first-order valence-electron chi connectivity index (χ1n) is 14.7. The highest BCUT2D eigenvalue weighted by molar-refractivity contribution is 5.71. The third-order valence-electron chi connectivity index (χ3n) is 8.53. The fraction of sp³-hybridized carbons (Fsp3) is 0.429. The molecule has 3 aromatic rings. The van der Waals surface area contributed by atoms with E-state index in [9.17, 15) is 10.1 Å². The van der Waals surface area contributed by atoms with Gasteiger partial charge in [-0.25, -0.2) is 4.39 Å². The van der Waals surface area contributed by atoms with Crippen LogP contribution < -0.4 is 9.47 Å². The van der Waals surface area contributed by atoms with E-state index in [0.717, 1.165) is 60.8 Å². The van der Waals surface area contributed by atoms with Crippen LogP contribution in [0.2, 0.25) is 0 Å². The van der Waals surface area contributed by atoms with Gasteiger partial charge in [0.1, 0.15) is 23.9 Å². The summed E-state index contributed by atoms with van der Waals surface area (Å²) in [6.45, 7) is 2.59. The summed E-state index contributed by atoms with van der Waals surface area (Å²) in [5.74, 6) is 1.45. The number of nitrogens with zero attached hydrogens (tertiary/aromatic N) is 1.